The van der Waals surface area contributed by atoms with Crippen molar-refractivity contribution in [3.8, 4) is 5.75 Å². The molecule has 0 unspecified atom stereocenters. The van der Waals surface area contributed by atoms with Crippen molar-refractivity contribution in [1.29, 1.82) is 0 Å². The minimum absolute atomic E-state index is 0.0342. The number of methoxy groups -OCH3 is 1. The van der Waals surface area contributed by atoms with Gasteiger partial charge < -0.3 is 14.3 Å². The fraction of sp³-hybridized carbons (Fsp3) is 0.357. The van der Waals surface area contributed by atoms with Crippen molar-refractivity contribution >= 4 is 16.9 Å². The Labute approximate surface area is 105 Å². The molecule has 1 heterocycles. The highest BCUT2D eigenvalue weighted by Crippen LogP contribution is 2.31. The van der Waals surface area contributed by atoms with Crippen LogP contribution in [0.3, 0.4) is 0 Å². The van der Waals surface area contributed by atoms with E-state index in [1.165, 1.54) is 0 Å². The Balaban J connectivity index is 2.65. The van der Waals surface area contributed by atoms with Crippen LogP contribution in [0.1, 0.15) is 30.0 Å². The average molecular weight is 248 g/mol. The molecule has 4 nitrogen and oxygen atoms in total. The third-order valence-corrected chi connectivity index (χ3v) is 2.80. The van der Waals surface area contributed by atoms with Gasteiger partial charge in [-0.2, -0.15) is 0 Å². The van der Waals surface area contributed by atoms with Crippen LogP contribution in [-0.2, 0) is 6.42 Å². The molecule has 0 bridgehead atoms. The summed E-state index contributed by atoms with van der Waals surface area (Å²) in [5.74, 6) is 0.0631. The second kappa shape index (κ2) is 4.72. The quantitative estimate of drug-likeness (QED) is 0.901. The van der Waals surface area contributed by atoms with E-state index in [1.54, 1.807) is 19.2 Å². The monoisotopic (exact) mass is 248 g/mol. The van der Waals surface area contributed by atoms with Crippen molar-refractivity contribution in [2.24, 2.45) is 5.92 Å². The van der Waals surface area contributed by atoms with Crippen molar-refractivity contribution in [3.05, 3.63) is 29.5 Å². The van der Waals surface area contributed by atoms with Gasteiger partial charge in [-0.05, 0) is 30.5 Å². The van der Waals surface area contributed by atoms with Crippen LogP contribution in [0.25, 0.3) is 11.0 Å². The number of aromatic carboxylic acids is 1. The van der Waals surface area contributed by atoms with Gasteiger partial charge in [0.15, 0.2) is 0 Å². The molecule has 0 spiro atoms. The zero-order chi connectivity index (χ0) is 13.3. The molecule has 0 aliphatic rings. The highest BCUT2D eigenvalue weighted by Gasteiger charge is 2.20. The summed E-state index contributed by atoms with van der Waals surface area (Å²) in [7, 11) is 1.58. The van der Waals surface area contributed by atoms with E-state index in [-0.39, 0.29) is 5.76 Å². The van der Waals surface area contributed by atoms with Gasteiger partial charge in [-0.15, -0.1) is 0 Å². The molecule has 1 N–H and O–H groups in total. The van der Waals surface area contributed by atoms with Crippen LogP contribution in [0, 0.1) is 5.92 Å². The number of hydrogen-bond acceptors (Lipinski definition) is 3. The summed E-state index contributed by atoms with van der Waals surface area (Å²) in [6.07, 6.45) is 0.668. The Kier molecular flexibility index (Phi) is 3.28. The fourth-order valence-corrected chi connectivity index (χ4v) is 2.04. The number of benzene rings is 1. The molecule has 96 valence electrons. The fourth-order valence-electron chi connectivity index (χ4n) is 2.04. The van der Waals surface area contributed by atoms with Gasteiger partial charge in [0, 0.05) is 10.9 Å². The molecule has 0 aliphatic heterocycles. The Morgan fingerprint density at radius 3 is 2.72 bits per heavy atom. The van der Waals surface area contributed by atoms with Gasteiger partial charge in [-0.1, -0.05) is 13.8 Å². The lowest BCUT2D eigenvalue weighted by molar-refractivity contribution is 0.0663. The Morgan fingerprint density at radius 1 is 1.44 bits per heavy atom. The topological polar surface area (TPSA) is 59.7 Å². The largest absolute Gasteiger partial charge is 0.497 e. The molecule has 0 aliphatic carbocycles. The van der Waals surface area contributed by atoms with Crippen LogP contribution in [0.15, 0.2) is 22.6 Å². The SMILES string of the molecule is COc1ccc2oc(C(=O)O)c(CC(C)C)c2c1. The molecule has 0 amide bonds. The van der Waals surface area contributed by atoms with E-state index in [4.69, 9.17) is 9.15 Å². The van der Waals surface area contributed by atoms with Gasteiger partial charge in [-0.3, -0.25) is 0 Å². The molecule has 0 saturated carbocycles. The maximum Gasteiger partial charge on any atom is 0.372 e. The normalized spacial score (nSPS) is 11.1. The molecule has 1 aromatic heterocycles. The zero-order valence-electron chi connectivity index (χ0n) is 10.7. The lowest BCUT2D eigenvalue weighted by Crippen LogP contribution is -2.02. The molecule has 18 heavy (non-hydrogen) atoms. The van der Waals surface area contributed by atoms with Crippen LogP contribution in [0.4, 0.5) is 0 Å². The van der Waals surface area contributed by atoms with Crippen LogP contribution in [-0.4, -0.2) is 18.2 Å². The summed E-state index contributed by atoms with van der Waals surface area (Å²) >= 11 is 0. The van der Waals surface area contributed by atoms with Crippen molar-refractivity contribution in [2.45, 2.75) is 20.3 Å². The van der Waals surface area contributed by atoms with Gasteiger partial charge in [0.05, 0.1) is 7.11 Å². The zero-order valence-corrected chi connectivity index (χ0v) is 10.7. The van der Waals surface area contributed by atoms with E-state index in [2.05, 4.69) is 0 Å². The summed E-state index contributed by atoms with van der Waals surface area (Å²) in [6, 6.07) is 5.32. The summed E-state index contributed by atoms with van der Waals surface area (Å²) in [5, 5.41) is 10.0. The number of rotatable bonds is 4. The molecule has 0 fully saturated rings. The number of ether oxygens (including phenoxy) is 1. The predicted molar refractivity (Wildman–Crippen MR) is 68.3 cm³/mol. The van der Waals surface area contributed by atoms with E-state index < -0.39 is 5.97 Å². The molecular formula is C14H16O4. The number of carbonyl (C=O) groups is 1. The first-order chi connectivity index (χ1) is 8.52. The number of hydrogen-bond donors (Lipinski definition) is 1. The highest BCUT2D eigenvalue weighted by atomic mass is 16.5. The first-order valence-electron chi connectivity index (χ1n) is 5.85. The van der Waals surface area contributed by atoms with Gasteiger partial charge in [0.1, 0.15) is 11.3 Å². The second-order valence-electron chi connectivity index (χ2n) is 4.67. The number of fused-ring (bicyclic) bond motifs is 1. The molecule has 2 rings (SSSR count). The Hall–Kier alpha value is -1.97. The van der Waals surface area contributed by atoms with Crippen molar-refractivity contribution in [1.82, 2.24) is 0 Å². The van der Waals surface area contributed by atoms with E-state index in [0.717, 1.165) is 10.9 Å². The van der Waals surface area contributed by atoms with Crippen LogP contribution >= 0.6 is 0 Å². The molecule has 1 aromatic carbocycles. The van der Waals surface area contributed by atoms with Crippen molar-refractivity contribution in [2.75, 3.05) is 7.11 Å². The standard InChI is InChI=1S/C14H16O4/c1-8(2)6-11-10-7-9(17-3)4-5-12(10)18-13(11)14(15)16/h4-5,7-8H,6H2,1-3H3,(H,15,16). The van der Waals surface area contributed by atoms with Gasteiger partial charge in [0.2, 0.25) is 5.76 Å². The van der Waals surface area contributed by atoms with Gasteiger partial charge >= 0.3 is 5.97 Å². The second-order valence-corrected chi connectivity index (χ2v) is 4.67. The van der Waals surface area contributed by atoms with E-state index in [1.807, 2.05) is 19.9 Å². The first kappa shape index (κ1) is 12.5. The van der Waals surface area contributed by atoms with E-state index in [9.17, 15) is 9.90 Å². The number of furan rings is 1. The lowest BCUT2D eigenvalue weighted by atomic mass is 10.00. The van der Waals surface area contributed by atoms with Crippen molar-refractivity contribution < 1.29 is 19.1 Å². The maximum atomic E-state index is 11.2. The minimum Gasteiger partial charge on any atom is -0.497 e. The van der Waals surface area contributed by atoms with E-state index in [0.29, 0.717) is 23.7 Å². The Bertz CT molecular complexity index is 581. The summed E-state index contributed by atoms with van der Waals surface area (Å²) < 4.78 is 10.6. The van der Waals surface area contributed by atoms with Crippen LogP contribution in [0.2, 0.25) is 0 Å². The summed E-state index contributed by atoms with van der Waals surface area (Å²) in [5.41, 5.74) is 1.33. The number of carboxylic acids is 1. The summed E-state index contributed by atoms with van der Waals surface area (Å²) in [4.78, 5) is 11.2. The molecule has 0 radical (unpaired) electrons. The first-order valence-corrected chi connectivity index (χ1v) is 5.85. The molecule has 4 heteroatoms. The van der Waals surface area contributed by atoms with Gasteiger partial charge in [0.25, 0.3) is 0 Å². The predicted octanol–water partition coefficient (Wildman–Crippen LogP) is 3.34. The third kappa shape index (κ3) is 2.18. The minimum atomic E-state index is -1.03. The van der Waals surface area contributed by atoms with Gasteiger partial charge in [-0.25, -0.2) is 4.79 Å². The Morgan fingerprint density at radius 2 is 2.17 bits per heavy atom. The average Bonchev–Trinajstić information content (AvgIpc) is 2.67. The highest BCUT2D eigenvalue weighted by molar-refractivity contribution is 5.95. The van der Waals surface area contributed by atoms with Crippen LogP contribution in [0.5, 0.6) is 5.75 Å². The third-order valence-electron chi connectivity index (χ3n) is 2.80. The molecule has 2 aromatic rings. The maximum absolute atomic E-state index is 11.2. The number of carboxylic acid groups (broad SMARTS) is 1. The lowest BCUT2D eigenvalue weighted by Gasteiger charge is -2.04. The molecule has 0 saturated heterocycles. The molecular weight excluding hydrogens is 232 g/mol. The van der Waals surface area contributed by atoms with E-state index >= 15 is 0 Å². The molecule has 0 atom stereocenters. The van der Waals surface area contributed by atoms with Crippen LogP contribution < -0.4 is 4.74 Å². The summed E-state index contributed by atoms with van der Waals surface area (Å²) in [6.45, 7) is 4.09. The smallest absolute Gasteiger partial charge is 0.372 e. The van der Waals surface area contributed by atoms with Crippen molar-refractivity contribution in [3.63, 3.8) is 0 Å².